The van der Waals surface area contributed by atoms with Gasteiger partial charge in [0.2, 0.25) is 5.91 Å². The van der Waals surface area contributed by atoms with E-state index in [4.69, 9.17) is 5.26 Å². The van der Waals surface area contributed by atoms with Crippen LogP contribution in [0, 0.1) is 23.1 Å². The Morgan fingerprint density at radius 3 is 2.78 bits per heavy atom. The highest BCUT2D eigenvalue weighted by atomic mass is 19.1. The van der Waals surface area contributed by atoms with Crippen molar-refractivity contribution in [2.75, 3.05) is 7.05 Å². The lowest BCUT2D eigenvalue weighted by atomic mass is 9.85. The minimum Gasteiger partial charge on any atom is -0.354 e. The van der Waals surface area contributed by atoms with Crippen LogP contribution in [0.4, 0.5) is 4.39 Å². The number of carbonyl (C=O) groups is 1. The fourth-order valence-corrected chi connectivity index (χ4v) is 3.45. The minimum atomic E-state index is -0.355. The second-order valence-electron chi connectivity index (χ2n) is 7.33. The van der Waals surface area contributed by atoms with Gasteiger partial charge in [-0.3, -0.25) is 9.79 Å². The third kappa shape index (κ3) is 5.43. The zero-order valence-electron chi connectivity index (χ0n) is 15.6. The van der Waals surface area contributed by atoms with Crippen LogP contribution < -0.4 is 16.0 Å². The first-order valence-electron chi connectivity index (χ1n) is 9.55. The molecule has 2 saturated carbocycles. The van der Waals surface area contributed by atoms with Crippen LogP contribution in [0.2, 0.25) is 0 Å². The maximum absolute atomic E-state index is 13.9. The summed E-state index contributed by atoms with van der Waals surface area (Å²) in [6, 6.07) is 6.86. The molecule has 0 bridgehead atoms. The molecule has 27 heavy (non-hydrogen) atoms. The minimum absolute atomic E-state index is 0.0414. The van der Waals surface area contributed by atoms with E-state index in [0.717, 1.165) is 38.5 Å². The Balaban J connectivity index is 1.52. The van der Waals surface area contributed by atoms with Crippen molar-refractivity contribution >= 4 is 11.9 Å². The highest BCUT2D eigenvalue weighted by Gasteiger charge is 2.31. The highest BCUT2D eigenvalue weighted by Crippen LogP contribution is 2.26. The molecule has 0 saturated heterocycles. The Morgan fingerprint density at radius 1 is 1.26 bits per heavy atom. The fourth-order valence-electron chi connectivity index (χ4n) is 3.45. The number of hydrogen-bond acceptors (Lipinski definition) is 3. The van der Waals surface area contributed by atoms with Crippen molar-refractivity contribution in [1.29, 1.82) is 5.26 Å². The summed E-state index contributed by atoms with van der Waals surface area (Å²) in [6.45, 7) is 0.235. The first-order chi connectivity index (χ1) is 13.1. The maximum Gasteiger partial charge on any atom is 0.223 e. The number of nitrogens with one attached hydrogen (secondary N) is 3. The lowest BCUT2D eigenvalue weighted by molar-refractivity contribution is -0.126. The van der Waals surface area contributed by atoms with Crippen LogP contribution in [0.15, 0.2) is 23.2 Å². The number of amides is 1. The molecule has 2 fully saturated rings. The average molecular weight is 371 g/mol. The topological polar surface area (TPSA) is 89.3 Å². The van der Waals surface area contributed by atoms with Crippen molar-refractivity contribution in [2.24, 2.45) is 10.9 Å². The van der Waals surface area contributed by atoms with Crippen LogP contribution in [-0.2, 0) is 11.3 Å². The summed E-state index contributed by atoms with van der Waals surface area (Å²) in [4.78, 5) is 16.5. The van der Waals surface area contributed by atoms with Crippen molar-refractivity contribution in [2.45, 2.75) is 57.2 Å². The predicted octanol–water partition coefficient (Wildman–Crippen LogP) is 2.20. The zero-order chi connectivity index (χ0) is 19.2. The number of nitrogens with zero attached hydrogens (tertiary/aromatic N) is 2. The molecule has 1 aromatic rings. The molecule has 2 aliphatic carbocycles. The molecule has 0 spiro atoms. The van der Waals surface area contributed by atoms with Crippen LogP contribution >= 0.6 is 0 Å². The SMILES string of the molecule is CN=C(NCc1cc(C#N)ccc1F)NC1CCCC(C(=O)NC2CC2)C1. The highest BCUT2D eigenvalue weighted by molar-refractivity contribution is 5.81. The fraction of sp³-hybridized carbons (Fsp3) is 0.550. The predicted molar refractivity (Wildman–Crippen MR) is 101 cm³/mol. The largest absolute Gasteiger partial charge is 0.354 e. The molecule has 3 N–H and O–H groups in total. The molecule has 2 unspecified atom stereocenters. The molecule has 144 valence electrons. The van der Waals surface area contributed by atoms with Gasteiger partial charge in [0.25, 0.3) is 0 Å². The standard InChI is InChI=1S/C20H26FN5O/c1-23-20(24-12-15-9-13(11-22)5-8-18(15)21)26-17-4-2-3-14(10-17)19(27)25-16-6-7-16/h5,8-9,14,16-17H,2-4,6-7,10,12H2,1H3,(H,25,27)(H2,23,24,26). The van der Waals surface area contributed by atoms with Crippen molar-refractivity contribution in [3.05, 3.63) is 35.1 Å². The van der Waals surface area contributed by atoms with Gasteiger partial charge in [-0.25, -0.2) is 4.39 Å². The molecule has 1 aromatic carbocycles. The molecule has 7 heteroatoms. The molecule has 2 aliphatic rings. The summed E-state index contributed by atoms with van der Waals surface area (Å²) in [6.07, 6.45) is 5.87. The molecule has 0 heterocycles. The molecule has 6 nitrogen and oxygen atoms in total. The number of halogens is 1. The monoisotopic (exact) mass is 371 g/mol. The van der Waals surface area contributed by atoms with Crippen molar-refractivity contribution in [1.82, 2.24) is 16.0 Å². The first kappa shape index (κ1) is 19.2. The van der Waals surface area contributed by atoms with Crippen LogP contribution in [0.3, 0.4) is 0 Å². The Hall–Kier alpha value is -2.62. The van der Waals surface area contributed by atoms with E-state index in [2.05, 4.69) is 20.9 Å². The second kappa shape index (κ2) is 8.85. The third-order valence-corrected chi connectivity index (χ3v) is 5.15. The van der Waals surface area contributed by atoms with Gasteiger partial charge in [-0.05, 0) is 50.3 Å². The number of rotatable bonds is 5. The molecule has 1 amide bonds. The summed E-state index contributed by atoms with van der Waals surface area (Å²) < 4.78 is 13.9. The number of carbonyl (C=O) groups excluding carboxylic acids is 1. The van der Waals surface area contributed by atoms with Gasteiger partial charge in [0.1, 0.15) is 5.82 Å². The molecular formula is C20H26FN5O. The summed E-state index contributed by atoms with van der Waals surface area (Å²) in [7, 11) is 1.66. The van der Waals surface area contributed by atoms with E-state index in [1.54, 1.807) is 7.05 Å². The van der Waals surface area contributed by atoms with Crippen LogP contribution in [0.1, 0.15) is 49.7 Å². The molecular weight excluding hydrogens is 345 g/mol. The second-order valence-corrected chi connectivity index (χ2v) is 7.33. The smallest absolute Gasteiger partial charge is 0.223 e. The third-order valence-electron chi connectivity index (χ3n) is 5.15. The lowest BCUT2D eigenvalue weighted by Crippen LogP contribution is -2.47. The van der Waals surface area contributed by atoms with Crippen LogP contribution in [-0.4, -0.2) is 31.0 Å². The van der Waals surface area contributed by atoms with Crippen molar-refractivity contribution < 1.29 is 9.18 Å². The lowest BCUT2D eigenvalue weighted by Gasteiger charge is -2.30. The van der Waals surface area contributed by atoms with E-state index >= 15 is 0 Å². The van der Waals surface area contributed by atoms with Crippen LogP contribution in [0.25, 0.3) is 0 Å². The molecule has 0 aromatic heterocycles. The normalized spacial score (nSPS) is 22.6. The quantitative estimate of drug-likeness (QED) is 0.547. The van der Waals surface area contributed by atoms with Gasteiger partial charge in [-0.1, -0.05) is 6.42 Å². The van der Waals surface area contributed by atoms with E-state index in [9.17, 15) is 9.18 Å². The molecule has 0 radical (unpaired) electrons. The van der Waals surface area contributed by atoms with E-state index in [-0.39, 0.29) is 30.2 Å². The molecule has 0 aliphatic heterocycles. The summed E-state index contributed by atoms with van der Waals surface area (Å²) in [5.41, 5.74) is 0.843. The van der Waals surface area contributed by atoms with Crippen LogP contribution in [0.5, 0.6) is 0 Å². The molecule has 2 atom stereocenters. The van der Waals surface area contributed by atoms with Gasteiger partial charge in [0.15, 0.2) is 5.96 Å². The Bertz CT molecular complexity index is 753. The Labute approximate surface area is 159 Å². The van der Waals surface area contributed by atoms with Gasteiger partial charge < -0.3 is 16.0 Å². The number of guanidine groups is 1. The van der Waals surface area contributed by atoms with Crippen molar-refractivity contribution in [3.8, 4) is 6.07 Å². The number of hydrogen-bond donors (Lipinski definition) is 3. The summed E-state index contributed by atoms with van der Waals surface area (Å²) in [5, 5.41) is 18.5. The van der Waals surface area contributed by atoms with Gasteiger partial charge in [-0.2, -0.15) is 5.26 Å². The van der Waals surface area contributed by atoms with Gasteiger partial charge in [0.05, 0.1) is 11.6 Å². The number of aliphatic imine (C=N–C) groups is 1. The van der Waals surface area contributed by atoms with Gasteiger partial charge in [-0.15, -0.1) is 0 Å². The van der Waals surface area contributed by atoms with E-state index in [0.29, 0.717) is 23.1 Å². The first-order valence-corrected chi connectivity index (χ1v) is 9.55. The molecule has 3 rings (SSSR count). The zero-order valence-corrected chi connectivity index (χ0v) is 15.6. The number of nitriles is 1. The Morgan fingerprint density at radius 2 is 2.07 bits per heavy atom. The van der Waals surface area contributed by atoms with Crippen molar-refractivity contribution in [3.63, 3.8) is 0 Å². The van der Waals surface area contributed by atoms with Gasteiger partial charge >= 0.3 is 0 Å². The van der Waals surface area contributed by atoms with E-state index in [1.807, 2.05) is 6.07 Å². The average Bonchev–Trinajstić information content (AvgIpc) is 3.50. The summed E-state index contributed by atoms with van der Waals surface area (Å²) >= 11 is 0. The summed E-state index contributed by atoms with van der Waals surface area (Å²) in [5.74, 6) is 0.429. The maximum atomic E-state index is 13.9. The van der Waals surface area contributed by atoms with E-state index in [1.165, 1.54) is 18.2 Å². The van der Waals surface area contributed by atoms with E-state index < -0.39 is 0 Å². The Kier molecular flexibility index (Phi) is 6.28. The van der Waals surface area contributed by atoms with Gasteiger partial charge in [0, 0.05) is 37.2 Å². The number of benzene rings is 1.